The summed E-state index contributed by atoms with van der Waals surface area (Å²) in [5.74, 6) is -1.26. The van der Waals surface area contributed by atoms with Crippen LogP contribution in [-0.4, -0.2) is 31.5 Å². The minimum Gasteiger partial charge on any atom is -0.496 e. The number of nitrogens with one attached hydrogen (secondary N) is 2. The van der Waals surface area contributed by atoms with E-state index < -0.39 is 24.4 Å². The van der Waals surface area contributed by atoms with E-state index >= 15 is 0 Å². The van der Waals surface area contributed by atoms with Gasteiger partial charge in [-0.15, -0.1) is 0 Å². The average molecular weight is 433 g/mol. The highest BCUT2D eigenvalue weighted by atomic mass is 79.9. The number of benzene rings is 2. The molecule has 2 N–H and O–H groups in total. The van der Waals surface area contributed by atoms with Crippen LogP contribution in [0.1, 0.15) is 15.9 Å². The third kappa shape index (κ3) is 6.59. The Morgan fingerprint density at radius 2 is 1.81 bits per heavy atom. The van der Waals surface area contributed by atoms with E-state index in [4.69, 9.17) is 9.47 Å². The molecule has 0 bridgehead atoms. The van der Waals surface area contributed by atoms with Gasteiger partial charge < -0.3 is 9.47 Å². The summed E-state index contributed by atoms with van der Waals surface area (Å²) in [4.78, 5) is 35.2. The maximum absolute atomic E-state index is 11.8. The first kappa shape index (κ1) is 20.2. The fourth-order valence-corrected chi connectivity index (χ4v) is 2.38. The molecule has 0 atom stereocenters. The number of carbonyl (C=O) groups excluding carboxylic acids is 3. The Morgan fingerprint density at radius 3 is 2.52 bits per heavy atom. The SMILES string of the molecule is COc1ccc(Br)cc1/C=C/C(=O)OCC(=O)NNC(=O)c1ccccc1. The molecule has 0 aliphatic carbocycles. The van der Waals surface area contributed by atoms with Gasteiger partial charge in [0, 0.05) is 21.7 Å². The molecule has 0 saturated carbocycles. The molecule has 2 amide bonds. The molecule has 0 aliphatic rings. The average Bonchev–Trinajstić information content (AvgIpc) is 2.69. The van der Waals surface area contributed by atoms with Crippen LogP contribution in [0.3, 0.4) is 0 Å². The second kappa shape index (κ2) is 10.1. The molecule has 0 fully saturated rings. The molecule has 2 aromatic carbocycles. The summed E-state index contributed by atoms with van der Waals surface area (Å²) in [6, 6.07) is 13.7. The number of hydrogen-bond donors (Lipinski definition) is 2. The van der Waals surface area contributed by atoms with Crippen molar-refractivity contribution in [2.45, 2.75) is 0 Å². The van der Waals surface area contributed by atoms with Crippen molar-refractivity contribution in [3.63, 3.8) is 0 Å². The van der Waals surface area contributed by atoms with Crippen LogP contribution in [0.25, 0.3) is 6.08 Å². The second-order valence-electron chi connectivity index (χ2n) is 5.20. The Morgan fingerprint density at radius 1 is 1.07 bits per heavy atom. The summed E-state index contributed by atoms with van der Waals surface area (Å²) in [7, 11) is 1.52. The number of ether oxygens (including phenoxy) is 2. The zero-order valence-electron chi connectivity index (χ0n) is 14.4. The summed E-state index contributed by atoms with van der Waals surface area (Å²) in [5.41, 5.74) is 5.46. The summed E-state index contributed by atoms with van der Waals surface area (Å²) in [6.45, 7) is -0.534. The maximum Gasteiger partial charge on any atom is 0.331 e. The number of methoxy groups -OCH3 is 1. The Labute approximate surface area is 164 Å². The van der Waals surface area contributed by atoms with Gasteiger partial charge in [0.1, 0.15) is 5.75 Å². The van der Waals surface area contributed by atoms with Crippen molar-refractivity contribution in [3.8, 4) is 5.75 Å². The van der Waals surface area contributed by atoms with Crippen molar-refractivity contribution in [1.82, 2.24) is 10.9 Å². The van der Waals surface area contributed by atoms with Crippen LogP contribution < -0.4 is 15.6 Å². The standard InChI is InChI=1S/C19H17BrN2O5/c1-26-16-9-8-15(20)11-14(16)7-10-18(24)27-12-17(23)21-22-19(25)13-5-3-2-4-6-13/h2-11H,12H2,1H3,(H,21,23)(H,22,25)/b10-7+. The number of amides is 2. The van der Waals surface area contributed by atoms with E-state index in [1.165, 1.54) is 19.3 Å². The molecule has 0 spiro atoms. The zero-order chi connectivity index (χ0) is 19.6. The fourth-order valence-electron chi connectivity index (χ4n) is 2.00. The first-order valence-corrected chi connectivity index (χ1v) is 8.61. The predicted molar refractivity (Wildman–Crippen MR) is 103 cm³/mol. The van der Waals surface area contributed by atoms with Gasteiger partial charge in [-0.25, -0.2) is 4.79 Å². The number of halogens is 1. The first-order valence-electron chi connectivity index (χ1n) is 7.82. The highest BCUT2D eigenvalue weighted by molar-refractivity contribution is 9.10. The smallest absolute Gasteiger partial charge is 0.331 e. The number of rotatable bonds is 6. The van der Waals surface area contributed by atoms with Gasteiger partial charge in [-0.3, -0.25) is 20.4 Å². The quantitative estimate of drug-likeness (QED) is 0.415. The summed E-state index contributed by atoms with van der Waals surface area (Å²) in [6.07, 6.45) is 2.70. The number of hydrazine groups is 1. The zero-order valence-corrected chi connectivity index (χ0v) is 16.0. The van der Waals surface area contributed by atoms with Gasteiger partial charge in [-0.2, -0.15) is 0 Å². The van der Waals surface area contributed by atoms with Crippen LogP contribution in [0.15, 0.2) is 59.1 Å². The minimum atomic E-state index is -0.707. The maximum atomic E-state index is 11.8. The molecule has 0 aromatic heterocycles. The van der Waals surface area contributed by atoms with E-state index in [9.17, 15) is 14.4 Å². The van der Waals surface area contributed by atoms with Crippen LogP contribution in [0.2, 0.25) is 0 Å². The molecule has 0 saturated heterocycles. The summed E-state index contributed by atoms with van der Waals surface area (Å²) >= 11 is 3.34. The van der Waals surface area contributed by atoms with Crippen LogP contribution in [0, 0.1) is 0 Å². The highest BCUT2D eigenvalue weighted by Crippen LogP contribution is 2.24. The molecule has 2 rings (SSSR count). The van der Waals surface area contributed by atoms with E-state index in [0.29, 0.717) is 16.9 Å². The van der Waals surface area contributed by atoms with Crippen LogP contribution in [-0.2, 0) is 14.3 Å². The number of hydrogen-bond acceptors (Lipinski definition) is 5. The van der Waals surface area contributed by atoms with E-state index in [-0.39, 0.29) is 0 Å². The Hall–Kier alpha value is -3.13. The van der Waals surface area contributed by atoms with Gasteiger partial charge in [-0.05, 0) is 36.4 Å². The molecule has 0 aliphatic heterocycles. The topological polar surface area (TPSA) is 93.7 Å². The van der Waals surface area contributed by atoms with Crippen molar-refractivity contribution < 1.29 is 23.9 Å². The predicted octanol–water partition coefficient (Wildman–Crippen LogP) is 2.48. The van der Waals surface area contributed by atoms with Crippen molar-refractivity contribution in [3.05, 3.63) is 70.2 Å². The lowest BCUT2D eigenvalue weighted by Crippen LogP contribution is -2.43. The molecule has 0 heterocycles. The van der Waals surface area contributed by atoms with Gasteiger partial charge in [0.05, 0.1) is 7.11 Å². The number of carbonyl (C=O) groups is 3. The van der Waals surface area contributed by atoms with E-state index in [2.05, 4.69) is 26.8 Å². The molecule has 7 nitrogen and oxygen atoms in total. The van der Waals surface area contributed by atoms with Gasteiger partial charge in [0.25, 0.3) is 11.8 Å². The van der Waals surface area contributed by atoms with Crippen molar-refractivity contribution in [2.75, 3.05) is 13.7 Å². The lowest BCUT2D eigenvalue weighted by atomic mass is 10.2. The lowest BCUT2D eigenvalue weighted by molar-refractivity contribution is -0.144. The summed E-state index contributed by atoms with van der Waals surface area (Å²) < 4.78 is 10.8. The van der Waals surface area contributed by atoms with Gasteiger partial charge in [0.15, 0.2) is 6.61 Å². The molecular weight excluding hydrogens is 416 g/mol. The third-order valence-corrected chi connectivity index (χ3v) is 3.78. The van der Waals surface area contributed by atoms with Crippen molar-refractivity contribution in [1.29, 1.82) is 0 Å². The van der Waals surface area contributed by atoms with Gasteiger partial charge in [-0.1, -0.05) is 34.1 Å². The highest BCUT2D eigenvalue weighted by Gasteiger charge is 2.08. The molecule has 2 aromatic rings. The van der Waals surface area contributed by atoms with E-state index in [1.807, 2.05) is 6.07 Å². The Balaban J connectivity index is 1.79. The lowest BCUT2D eigenvalue weighted by Gasteiger charge is -2.07. The second-order valence-corrected chi connectivity index (χ2v) is 6.11. The molecule has 27 heavy (non-hydrogen) atoms. The number of esters is 1. The Bertz CT molecular complexity index is 852. The molecule has 0 unspecified atom stereocenters. The Kier molecular flexibility index (Phi) is 7.57. The van der Waals surface area contributed by atoms with Crippen LogP contribution in [0.5, 0.6) is 5.75 Å². The normalized spacial score (nSPS) is 10.3. The van der Waals surface area contributed by atoms with Crippen molar-refractivity contribution >= 4 is 39.8 Å². The minimum absolute atomic E-state index is 0.390. The summed E-state index contributed by atoms with van der Waals surface area (Å²) in [5, 5.41) is 0. The molecule has 8 heteroatoms. The van der Waals surface area contributed by atoms with Gasteiger partial charge in [0.2, 0.25) is 0 Å². The van der Waals surface area contributed by atoms with Crippen molar-refractivity contribution in [2.24, 2.45) is 0 Å². The fraction of sp³-hybridized carbons (Fsp3) is 0.105. The van der Waals surface area contributed by atoms with E-state index in [0.717, 1.165) is 4.47 Å². The monoisotopic (exact) mass is 432 g/mol. The molecule has 140 valence electrons. The van der Waals surface area contributed by atoms with E-state index in [1.54, 1.807) is 42.5 Å². The first-order chi connectivity index (χ1) is 13.0. The largest absolute Gasteiger partial charge is 0.496 e. The third-order valence-electron chi connectivity index (χ3n) is 3.29. The van der Waals surface area contributed by atoms with Crippen LogP contribution >= 0.6 is 15.9 Å². The molecule has 0 radical (unpaired) electrons. The van der Waals surface area contributed by atoms with Crippen LogP contribution in [0.4, 0.5) is 0 Å². The molecular formula is C19H17BrN2O5. The van der Waals surface area contributed by atoms with Gasteiger partial charge >= 0.3 is 5.97 Å².